The van der Waals surface area contributed by atoms with Gasteiger partial charge < -0.3 is 15.1 Å². The van der Waals surface area contributed by atoms with Gasteiger partial charge in [-0.25, -0.2) is 0 Å². The van der Waals surface area contributed by atoms with Crippen LogP contribution >= 0.6 is 11.8 Å². The SMILES string of the molecule is O=C(O)CCSCCCN1C(=O)CCCC1C=CC(O)C(F)(F)c1ccccc1. The zero-order valence-electron chi connectivity index (χ0n) is 16.2. The minimum absolute atomic E-state index is 0.0225. The molecule has 1 aromatic carbocycles. The van der Waals surface area contributed by atoms with Crippen LogP contribution in [-0.4, -0.2) is 57.2 Å². The zero-order valence-corrected chi connectivity index (χ0v) is 17.0. The van der Waals surface area contributed by atoms with Crippen LogP contribution < -0.4 is 0 Å². The van der Waals surface area contributed by atoms with Gasteiger partial charge in [-0.05, 0) is 25.0 Å². The molecule has 0 aromatic heterocycles. The molecular weight excluding hydrogens is 400 g/mol. The molecule has 0 spiro atoms. The van der Waals surface area contributed by atoms with Crippen LogP contribution in [0.4, 0.5) is 8.78 Å². The second kappa shape index (κ2) is 11.3. The Balaban J connectivity index is 1.92. The van der Waals surface area contributed by atoms with Crippen LogP contribution in [-0.2, 0) is 15.5 Å². The van der Waals surface area contributed by atoms with Gasteiger partial charge in [-0.2, -0.15) is 20.5 Å². The van der Waals surface area contributed by atoms with E-state index in [1.54, 1.807) is 11.0 Å². The van der Waals surface area contributed by atoms with E-state index in [0.717, 1.165) is 11.8 Å². The zero-order chi connectivity index (χ0) is 21.3. The van der Waals surface area contributed by atoms with E-state index in [0.29, 0.717) is 38.0 Å². The number of likely N-dealkylation sites (tertiary alicyclic amines) is 1. The van der Waals surface area contributed by atoms with Crippen LogP contribution in [0.5, 0.6) is 0 Å². The van der Waals surface area contributed by atoms with Crippen LogP contribution in [0.15, 0.2) is 42.5 Å². The number of aliphatic hydroxyl groups is 1. The molecule has 1 aliphatic heterocycles. The molecule has 1 fully saturated rings. The molecule has 0 aliphatic carbocycles. The Morgan fingerprint density at radius 2 is 2.03 bits per heavy atom. The molecule has 5 nitrogen and oxygen atoms in total. The van der Waals surface area contributed by atoms with Gasteiger partial charge >= 0.3 is 11.9 Å². The number of carbonyl (C=O) groups excluding carboxylic acids is 1. The first-order chi connectivity index (χ1) is 13.8. The number of aliphatic hydroxyl groups excluding tert-OH is 1. The number of aliphatic carboxylic acids is 1. The second-order valence-electron chi connectivity index (χ2n) is 6.98. The number of carboxylic acids is 1. The number of thioether (sulfide) groups is 1. The van der Waals surface area contributed by atoms with Gasteiger partial charge in [0.25, 0.3) is 0 Å². The summed E-state index contributed by atoms with van der Waals surface area (Å²) in [6.07, 6.45) is 3.20. The first kappa shape index (κ1) is 23.3. The Bertz CT molecular complexity index is 699. The average molecular weight is 428 g/mol. The topological polar surface area (TPSA) is 77.8 Å². The summed E-state index contributed by atoms with van der Waals surface area (Å²) in [5, 5.41) is 18.7. The molecule has 1 saturated heterocycles. The molecule has 2 rings (SSSR count). The molecule has 2 atom stereocenters. The minimum Gasteiger partial charge on any atom is -0.481 e. The molecule has 2 unspecified atom stereocenters. The highest BCUT2D eigenvalue weighted by Gasteiger charge is 2.39. The van der Waals surface area contributed by atoms with Gasteiger partial charge in [0.15, 0.2) is 0 Å². The first-order valence-corrected chi connectivity index (χ1v) is 10.9. The van der Waals surface area contributed by atoms with Crippen LogP contribution in [0, 0.1) is 0 Å². The lowest BCUT2D eigenvalue weighted by Gasteiger charge is -2.34. The predicted octanol–water partition coefficient (Wildman–Crippen LogP) is 3.67. The number of benzene rings is 1. The third-order valence-electron chi connectivity index (χ3n) is 4.80. The summed E-state index contributed by atoms with van der Waals surface area (Å²) in [6.45, 7) is 0.485. The van der Waals surface area contributed by atoms with E-state index in [9.17, 15) is 23.5 Å². The molecule has 0 bridgehead atoms. The highest BCUT2D eigenvalue weighted by atomic mass is 32.2. The van der Waals surface area contributed by atoms with Crippen molar-refractivity contribution >= 4 is 23.6 Å². The van der Waals surface area contributed by atoms with Gasteiger partial charge in [-0.1, -0.05) is 42.5 Å². The summed E-state index contributed by atoms with van der Waals surface area (Å²) in [6, 6.07) is 6.85. The van der Waals surface area contributed by atoms with E-state index in [-0.39, 0.29) is 23.9 Å². The Labute approximate surface area is 173 Å². The van der Waals surface area contributed by atoms with Crippen molar-refractivity contribution in [2.75, 3.05) is 18.1 Å². The summed E-state index contributed by atoms with van der Waals surface area (Å²) in [7, 11) is 0. The molecule has 29 heavy (non-hydrogen) atoms. The minimum atomic E-state index is -3.41. The number of alkyl halides is 2. The second-order valence-corrected chi connectivity index (χ2v) is 8.20. The average Bonchev–Trinajstić information content (AvgIpc) is 2.70. The van der Waals surface area contributed by atoms with E-state index in [4.69, 9.17) is 5.11 Å². The van der Waals surface area contributed by atoms with Crippen molar-refractivity contribution in [1.29, 1.82) is 0 Å². The number of hydrogen-bond acceptors (Lipinski definition) is 4. The van der Waals surface area contributed by atoms with Crippen molar-refractivity contribution in [2.45, 2.75) is 50.2 Å². The number of carbonyl (C=O) groups is 2. The summed E-state index contributed by atoms with van der Waals surface area (Å²) in [4.78, 5) is 24.5. The summed E-state index contributed by atoms with van der Waals surface area (Å²) in [5.74, 6) is -3.03. The van der Waals surface area contributed by atoms with Crippen LogP contribution in [0.25, 0.3) is 0 Å². The lowest BCUT2D eigenvalue weighted by Crippen LogP contribution is -2.43. The first-order valence-electron chi connectivity index (χ1n) is 9.71. The molecule has 0 radical (unpaired) electrons. The molecule has 2 N–H and O–H groups in total. The highest BCUT2D eigenvalue weighted by molar-refractivity contribution is 7.99. The third-order valence-corrected chi connectivity index (χ3v) is 5.88. The lowest BCUT2D eigenvalue weighted by atomic mass is 9.98. The Morgan fingerprint density at radius 1 is 1.31 bits per heavy atom. The van der Waals surface area contributed by atoms with Crippen molar-refractivity contribution in [1.82, 2.24) is 4.90 Å². The number of nitrogens with zero attached hydrogens (tertiary/aromatic N) is 1. The normalized spacial score (nSPS) is 18.9. The van der Waals surface area contributed by atoms with Gasteiger partial charge in [0, 0.05) is 24.3 Å². The quantitative estimate of drug-likeness (QED) is 0.416. The summed E-state index contributed by atoms with van der Waals surface area (Å²) in [5.41, 5.74) is -0.257. The number of hydrogen-bond donors (Lipinski definition) is 2. The summed E-state index contributed by atoms with van der Waals surface area (Å²) >= 11 is 1.52. The van der Waals surface area contributed by atoms with Crippen LogP contribution in [0.1, 0.15) is 37.7 Å². The number of rotatable bonds is 11. The predicted molar refractivity (Wildman–Crippen MR) is 109 cm³/mol. The molecule has 1 aliphatic rings. The van der Waals surface area contributed by atoms with E-state index < -0.39 is 18.0 Å². The molecule has 0 saturated carbocycles. The standard InChI is InChI=1S/C21H27F2NO4S/c22-21(23,16-6-2-1-3-7-16)18(25)11-10-17-8-4-9-19(26)24(17)13-5-14-29-15-12-20(27)28/h1-3,6-7,10-11,17-18,25H,4-5,8-9,12-15H2,(H,27,28). The highest BCUT2D eigenvalue weighted by Crippen LogP contribution is 2.32. The Hall–Kier alpha value is -1.93. The van der Waals surface area contributed by atoms with Crippen molar-refractivity contribution < 1.29 is 28.6 Å². The van der Waals surface area contributed by atoms with Crippen molar-refractivity contribution in [3.05, 3.63) is 48.0 Å². The fraction of sp³-hybridized carbons (Fsp3) is 0.524. The van der Waals surface area contributed by atoms with Gasteiger partial charge in [0.1, 0.15) is 6.10 Å². The van der Waals surface area contributed by atoms with Crippen molar-refractivity contribution in [3.63, 3.8) is 0 Å². The molecule has 1 aromatic rings. The number of amides is 1. The van der Waals surface area contributed by atoms with E-state index >= 15 is 0 Å². The summed E-state index contributed by atoms with van der Waals surface area (Å²) < 4.78 is 28.9. The fourth-order valence-corrected chi connectivity index (χ4v) is 4.08. The lowest BCUT2D eigenvalue weighted by molar-refractivity contribution is -0.136. The molecule has 160 valence electrons. The fourth-order valence-electron chi connectivity index (χ4n) is 3.22. The maximum Gasteiger partial charge on any atom is 0.304 e. The van der Waals surface area contributed by atoms with Gasteiger partial charge in [-0.15, -0.1) is 0 Å². The third kappa shape index (κ3) is 7.12. The van der Waals surface area contributed by atoms with Crippen LogP contribution in [0.2, 0.25) is 0 Å². The van der Waals surface area contributed by atoms with Gasteiger partial charge in [-0.3, -0.25) is 9.59 Å². The van der Waals surface area contributed by atoms with E-state index in [1.807, 2.05) is 0 Å². The Morgan fingerprint density at radius 3 is 2.72 bits per heavy atom. The number of halogens is 2. The van der Waals surface area contributed by atoms with Crippen LogP contribution in [0.3, 0.4) is 0 Å². The number of carboxylic acid groups (broad SMARTS) is 1. The van der Waals surface area contributed by atoms with E-state index in [1.165, 1.54) is 42.1 Å². The molecule has 8 heteroatoms. The molecule has 1 amide bonds. The van der Waals surface area contributed by atoms with Crippen molar-refractivity contribution in [2.24, 2.45) is 0 Å². The van der Waals surface area contributed by atoms with Gasteiger partial charge in [0.2, 0.25) is 5.91 Å². The van der Waals surface area contributed by atoms with Gasteiger partial charge in [0.05, 0.1) is 12.5 Å². The maximum atomic E-state index is 14.4. The number of piperidine rings is 1. The molecular formula is C21H27F2NO4S. The monoisotopic (exact) mass is 427 g/mol. The molecule has 1 heterocycles. The maximum absolute atomic E-state index is 14.4. The smallest absolute Gasteiger partial charge is 0.304 e. The van der Waals surface area contributed by atoms with Crippen molar-refractivity contribution in [3.8, 4) is 0 Å². The Kier molecular flexibility index (Phi) is 9.10. The largest absolute Gasteiger partial charge is 0.481 e. The van der Waals surface area contributed by atoms with E-state index in [2.05, 4.69) is 0 Å².